The minimum absolute atomic E-state index is 0.264. The van der Waals surface area contributed by atoms with Crippen molar-refractivity contribution in [2.24, 2.45) is 5.73 Å². The molecular formula is C14H11BrFN3O. The predicted octanol–water partition coefficient (Wildman–Crippen LogP) is 2.81. The molecule has 0 aliphatic carbocycles. The van der Waals surface area contributed by atoms with Gasteiger partial charge in [0, 0.05) is 0 Å². The van der Waals surface area contributed by atoms with Crippen LogP contribution in [0.5, 0.6) is 0 Å². The highest BCUT2D eigenvalue weighted by atomic mass is 79.9. The van der Waals surface area contributed by atoms with E-state index in [2.05, 4.69) is 25.9 Å². The quantitative estimate of drug-likeness (QED) is 0.673. The Balaban J connectivity index is 2.04. The number of H-pyrrole nitrogens is 2. The van der Waals surface area contributed by atoms with Crippen LogP contribution in [0.1, 0.15) is 17.2 Å². The summed E-state index contributed by atoms with van der Waals surface area (Å²) in [6.45, 7) is 0. The van der Waals surface area contributed by atoms with Crippen molar-refractivity contribution >= 4 is 27.0 Å². The van der Waals surface area contributed by atoms with Crippen LogP contribution in [-0.2, 0) is 0 Å². The smallest absolute Gasteiger partial charge is 0.320 e. The molecule has 0 amide bonds. The molecule has 0 saturated heterocycles. The first-order chi connectivity index (χ1) is 9.54. The highest BCUT2D eigenvalue weighted by molar-refractivity contribution is 9.10. The van der Waals surface area contributed by atoms with Crippen LogP contribution in [0.3, 0.4) is 0 Å². The lowest BCUT2D eigenvalue weighted by Gasteiger charge is -2.13. The van der Waals surface area contributed by atoms with Crippen molar-refractivity contribution in [3.63, 3.8) is 0 Å². The van der Waals surface area contributed by atoms with Crippen LogP contribution in [0.25, 0.3) is 11.0 Å². The van der Waals surface area contributed by atoms with Gasteiger partial charge in [-0.25, -0.2) is 9.18 Å². The van der Waals surface area contributed by atoms with Gasteiger partial charge in [0.1, 0.15) is 5.82 Å². The number of nitrogens with one attached hydrogen (secondary N) is 2. The van der Waals surface area contributed by atoms with Gasteiger partial charge < -0.3 is 15.7 Å². The molecule has 0 aliphatic rings. The summed E-state index contributed by atoms with van der Waals surface area (Å²) in [5.41, 5.74) is 8.75. The van der Waals surface area contributed by atoms with Crippen molar-refractivity contribution < 1.29 is 4.39 Å². The van der Waals surface area contributed by atoms with Crippen LogP contribution < -0.4 is 11.4 Å². The molecule has 2 aromatic carbocycles. The zero-order valence-corrected chi connectivity index (χ0v) is 11.9. The maximum absolute atomic E-state index is 13.6. The van der Waals surface area contributed by atoms with Gasteiger partial charge in [-0.1, -0.05) is 12.1 Å². The van der Waals surface area contributed by atoms with Crippen molar-refractivity contribution in [3.05, 3.63) is 68.3 Å². The topological polar surface area (TPSA) is 74.7 Å². The second-order valence-electron chi connectivity index (χ2n) is 4.54. The number of hydrogen-bond donors (Lipinski definition) is 3. The number of nitrogens with two attached hydrogens (primary N) is 1. The third-order valence-electron chi connectivity index (χ3n) is 3.20. The van der Waals surface area contributed by atoms with E-state index < -0.39 is 6.04 Å². The van der Waals surface area contributed by atoms with E-state index in [0.717, 1.165) is 5.56 Å². The van der Waals surface area contributed by atoms with Gasteiger partial charge in [0.05, 0.1) is 21.5 Å². The van der Waals surface area contributed by atoms with Crippen molar-refractivity contribution in [3.8, 4) is 0 Å². The largest absolute Gasteiger partial charge is 0.323 e. The Morgan fingerprint density at radius 2 is 1.70 bits per heavy atom. The number of benzene rings is 2. The molecule has 3 aromatic rings. The molecule has 0 aliphatic heterocycles. The first-order valence-electron chi connectivity index (χ1n) is 5.97. The van der Waals surface area contributed by atoms with E-state index in [-0.39, 0.29) is 11.5 Å². The first kappa shape index (κ1) is 13.1. The van der Waals surface area contributed by atoms with E-state index in [1.165, 1.54) is 6.07 Å². The Morgan fingerprint density at radius 1 is 1.05 bits per heavy atom. The van der Waals surface area contributed by atoms with Gasteiger partial charge in [0.15, 0.2) is 0 Å². The van der Waals surface area contributed by atoms with Crippen LogP contribution in [0.2, 0.25) is 0 Å². The van der Waals surface area contributed by atoms with Crippen molar-refractivity contribution in [1.82, 2.24) is 9.97 Å². The lowest BCUT2D eigenvalue weighted by atomic mass is 9.99. The monoisotopic (exact) mass is 335 g/mol. The lowest BCUT2D eigenvalue weighted by Crippen LogP contribution is -2.12. The molecule has 102 valence electrons. The number of aromatic nitrogens is 2. The number of aromatic amines is 2. The van der Waals surface area contributed by atoms with Gasteiger partial charge in [-0.2, -0.15) is 0 Å². The molecule has 1 aromatic heterocycles. The number of halogens is 2. The van der Waals surface area contributed by atoms with Gasteiger partial charge in [0.2, 0.25) is 0 Å². The zero-order chi connectivity index (χ0) is 14.3. The first-order valence-corrected chi connectivity index (χ1v) is 6.76. The third-order valence-corrected chi connectivity index (χ3v) is 3.85. The Labute approximate surface area is 121 Å². The molecule has 1 atom stereocenters. The van der Waals surface area contributed by atoms with Gasteiger partial charge in [-0.05, 0) is 51.3 Å². The standard InChI is InChI=1S/C14H11BrFN3O/c15-9-3-1-7(5-10(9)16)13(17)8-2-4-11-12(6-8)19-14(20)18-11/h1-6,13H,17H2,(H2,18,19,20). The zero-order valence-electron chi connectivity index (χ0n) is 10.3. The maximum atomic E-state index is 13.6. The van der Waals surface area contributed by atoms with Gasteiger partial charge in [-0.3, -0.25) is 0 Å². The molecule has 1 heterocycles. The highest BCUT2D eigenvalue weighted by Gasteiger charge is 2.12. The second-order valence-corrected chi connectivity index (χ2v) is 5.39. The summed E-state index contributed by atoms with van der Waals surface area (Å²) in [5.74, 6) is -0.353. The molecule has 6 heteroatoms. The van der Waals surface area contributed by atoms with E-state index in [1.54, 1.807) is 24.3 Å². The fourth-order valence-electron chi connectivity index (χ4n) is 2.14. The average molecular weight is 336 g/mol. The van der Waals surface area contributed by atoms with Gasteiger partial charge >= 0.3 is 5.69 Å². The summed E-state index contributed by atoms with van der Waals surface area (Å²) in [6, 6.07) is 9.72. The van der Waals surface area contributed by atoms with E-state index in [0.29, 0.717) is 21.1 Å². The molecule has 1 unspecified atom stereocenters. The van der Waals surface area contributed by atoms with Crippen molar-refractivity contribution in [2.75, 3.05) is 0 Å². The molecule has 0 fully saturated rings. The Morgan fingerprint density at radius 3 is 2.45 bits per heavy atom. The van der Waals surface area contributed by atoms with Crippen LogP contribution in [0.4, 0.5) is 4.39 Å². The minimum atomic E-state index is -0.458. The molecular weight excluding hydrogens is 325 g/mol. The predicted molar refractivity (Wildman–Crippen MR) is 79.0 cm³/mol. The van der Waals surface area contributed by atoms with E-state index in [4.69, 9.17) is 5.73 Å². The van der Waals surface area contributed by atoms with Gasteiger partial charge in [0.25, 0.3) is 0 Å². The maximum Gasteiger partial charge on any atom is 0.323 e. The average Bonchev–Trinajstić information content (AvgIpc) is 2.80. The Kier molecular flexibility index (Phi) is 3.19. The number of rotatable bonds is 2. The molecule has 4 nitrogen and oxygen atoms in total. The molecule has 0 bridgehead atoms. The molecule has 0 saturated carbocycles. The molecule has 20 heavy (non-hydrogen) atoms. The van der Waals surface area contributed by atoms with Crippen LogP contribution in [0, 0.1) is 5.82 Å². The van der Waals surface area contributed by atoms with Crippen molar-refractivity contribution in [2.45, 2.75) is 6.04 Å². The summed E-state index contributed by atoms with van der Waals surface area (Å²) in [5, 5.41) is 0. The van der Waals surface area contributed by atoms with Crippen LogP contribution in [0.15, 0.2) is 45.7 Å². The summed E-state index contributed by atoms with van der Waals surface area (Å²) < 4.78 is 14.0. The third kappa shape index (κ3) is 2.28. The Hall–Kier alpha value is -1.92. The van der Waals surface area contributed by atoms with Crippen molar-refractivity contribution in [1.29, 1.82) is 0 Å². The Bertz CT molecular complexity index is 840. The SMILES string of the molecule is NC(c1ccc(Br)c(F)c1)c1ccc2[nH]c(=O)[nH]c2c1. The molecule has 0 spiro atoms. The van der Waals surface area contributed by atoms with E-state index >= 15 is 0 Å². The van der Waals surface area contributed by atoms with Crippen LogP contribution >= 0.6 is 15.9 Å². The summed E-state index contributed by atoms with van der Waals surface area (Å²) >= 11 is 3.11. The fraction of sp³-hybridized carbons (Fsp3) is 0.0714. The van der Waals surface area contributed by atoms with Crippen LogP contribution in [-0.4, -0.2) is 9.97 Å². The highest BCUT2D eigenvalue weighted by Crippen LogP contribution is 2.25. The normalized spacial score (nSPS) is 12.8. The van der Waals surface area contributed by atoms with Gasteiger partial charge in [-0.15, -0.1) is 0 Å². The summed E-state index contributed by atoms with van der Waals surface area (Å²) in [7, 11) is 0. The summed E-state index contributed by atoms with van der Waals surface area (Å²) in [4.78, 5) is 16.6. The number of hydrogen-bond acceptors (Lipinski definition) is 2. The molecule has 4 N–H and O–H groups in total. The molecule has 3 rings (SSSR count). The van der Waals surface area contributed by atoms with E-state index in [9.17, 15) is 9.18 Å². The minimum Gasteiger partial charge on any atom is -0.320 e. The number of fused-ring (bicyclic) bond motifs is 1. The number of imidazole rings is 1. The fourth-order valence-corrected chi connectivity index (χ4v) is 2.39. The lowest BCUT2D eigenvalue weighted by molar-refractivity contribution is 0.617. The second kappa shape index (κ2) is 4.88. The summed E-state index contributed by atoms with van der Waals surface area (Å²) in [6.07, 6.45) is 0. The van der Waals surface area contributed by atoms with E-state index in [1.807, 2.05) is 6.07 Å². The molecule has 0 radical (unpaired) electrons.